The molecule has 0 aliphatic carbocycles. The van der Waals surface area contributed by atoms with Crippen molar-refractivity contribution in [2.24, 2.45) is 0 Å². The predicted octanol–water partition coefficient (Wildman–Crippen LogP) is 3.56. The molecule has 1 aliphatic rings. The number of amides is 1. The molecule has 124 valence electrons. The molecule has 1 aliphatic heterocycles. The van der Waals surface area contributed by atoms with Crippen LogP contribution in [-0.2, 0) is 6.42 Å². The van der Waals surface area contributed by atoms with Crippen molar-refractivity contribution in [1.29, 1.82) is 0 Å². The van der Waals surface area contributed by atoms with Crippen molar-refractivity contribution in [2.75, 3.05) is 6.79 Å². The summed E-state index contributed by atoms with van der Waals surface area (Å²) >= 11 is 3.36. The largest absolute Gasteiger partial charge is 0.454 e. The highest BCUT2D eigenvalue weighted by Crippen LogP contribution is 2.32. The van der Waals surface area contributed by atoms with Crippen molar-refractivity contribution < 1.29 is 14.3 Å². The maximum atomic E-state index is 12.1. The molecule has 1 amide bonds. The first-order valence-corrected chi connectivity index (χ1v) is 8.29. The molecular formula is C18H17BrN2O3. The molecule has 24 heavy (non-hydrogen) atoms. The number of rotatable bonds is 5. The number of carbonyl (C=O) groups excluding carboxylic acids is 1. The van der Waals surface area contributed by atoms with Crippen LogP contribution in [-0.4, -0.2) is 12.7 Å². The van der Waals surface area contributed by atoms with Crippen molar-refractivity contribution in [3.8, 4) is 11.5 Å². The molecule has 2 aromatic rings. The number of nitrogens with one attached hydrogen (secondary N) is 2. The lowest BCUT2D eigenvalue weighted by Crippen LogP contribution is -2.36. The molecule has 1 heterocycles. The number of hydrogen-bond donors (Lipinski definition) is 2. The first-order valence-electron chi connectivity index (χ1n) is 7.49. The Morgan fingerprint density at radius 1 is 1.17 bits per heavy atom. The number of hydrogen-bond acceptors (Lipinski definition) is 4. The zero-order valence-electron chi connectivity index (χ0n) is 13.1. The summed E-state index contributed by atoms with van der Waals surface area (Å²) in [6.45, 7) is 2.17. The third kappa shape index (κ3) is 3.89. The lowest BCUT2D eigenvalue weighted by atomic mass is 10.1. The van der Waals surface area contributed by atoms with Crippen molar-refractivity contribution in [3.63, 3.8) is 0 Å². The van der Waals surface area contributed by atoms with Crippen molar-refractivity contribution in [2.45, 2.75) is 13.3 Å². The Hall–Kier alpha value is -2.47. The van der Waals surface area contributed by atoms with Gasteiger partial charge in [-0.1, -0.05) is 24.3 Å². The summed E-state index contributed by atoms with van der Waals surface area (Å²) in [6.07, 6.45) is 2.72. The van der Waals surface area contributed by atoms with Gasteiger partial charge in [0, 0.05) is 10.2 Å². The quantitative estimate of drug-likeness (QED) is 0.768. The Labute approximate surface area is 148 Å². The monoisotopic (exact) mass is 388 g/mol. The molecule has 0 saturated carbocycles. The minimum Gasteiger partial charge on any atom is -0.454 e. The lowest BCUT2D eigenvalue weighted by molar-refractivity contribution is 0.0938. The average molecular weight is 389 g/mol. The van der Waals surface area contributed by atoms with E-state index in [1.807, 2.05) is 49.4 Å². The van der Waals surface area contributed by atoms with E-state index in [0.29, 0.717) is 5.56 Å². The standard InChI is InChI=1S/C18H17BrN2O3/c1-12(20-21-18(22)14-4-2-3-5-15(14)19)6-7-13-8-9-16-17(10-13)24-11-23-16/h2-6,8-10,20H,7,11H2,1H3,(H,21,22)/b12-6-. The zero-order chi connectivity index (χ0) is 16.9. The van der Waals surface area contributed by atoms with Crippen molar-refractivity contribution >= 4 is 21.8 Å². The molecule has 0 bridgehead atoms. The molecular weight excluding hydrogens is 372 g/mol. The van der Waals surface area contributed by atoms with Crippen LogP contribution in [0.3, 0.4) is 0 Å². The second-order valence-corrected chi connectivity index (χ2v) is 6.19. The summed E-state index contributed by atoms with van der Waals surface area (Å²) in [6, 6.07) is 13.1. The fourth-order valence-corrected chi connectivity index (χ4v) is 2.72. The Morgan fingerprint density at radius 3 is 2.79 bits per heavy atom. The second kappa shape index (κ2) is 7.40. The maximum Gasteiger partial charge on any atom is 0.270 e. The van der Waals surface area contributed by atoms with Crippen LogP contribution < -0.4 is 20.3 Å². The highest BCUT2D eigenvalue weighted by atomic mass is 79.9. The fourth-order valence-electron chi connectivity index (χ4n) is 2.26. The number of hydrazine groups is 1. The summed E-state index contributed by atoms with van der Waals surface area (Å²) in [5.74, 6) is 1.35. The molecule has 6 heteroatoms. The third-order valence-electron chi connectivity index (χ3n) is 3.57. The highest BCUT2D eigenvalue weighted by Gasteiger charge is 2.12. The van der Waals surface area contributed by atoms with Gasteiger partial charge in [-0.2, -0.15) is 0 Å². The summed E-state index contributed by atoms with van der Waals surface area (Å²) in [5, 5.41) is 0. The van der Waals surface area contributed by atoms with Crippen molar-refractivity contribution in [3.05, 3.63) is 69.8 Å². The van der Waals surface area contributed by atoms with Crippen LogP contribution in [0.1, 0.15) is 22.8 Å². The van der Waals surface area contributed by atoms with Crippen LogP contribution in [0.15, 0.2) is 58.7 Å². The molecule has 0 aromatic heterocycles. The van der Waals surface area contributed by atoms with Crippen LogP contribution >= 0.6 is 15.9 Å². The van der Waals surface area contributed by atoms with E-state index in [1.54, 1.807) is 6.07 Å². The van der Waals surface area contributed by atoms with Crippen LogP contribution in [0.5, 0.6) is 11.5 Å². The molecule has 3 rings (SSSR count). The lowest BCUT2D eigenvalue weighted by Gasteiger charge is -2.10. The molecule has 5 nitrogen and oxygen atoms in total. The van der Waals surface area contributed by atoms with E-state index in [9.17, 15) is 4.79 Å². The van der Waals surface area contributed by atoms with Crippen LogP contribution in [0, 0.1) is 0 Å². The van der Waals surface area contributed by atoms with E-state index < -0.39 is 0 Å². The van der Waals surface area contributed by atoms with Gasteiger partial charge in [-0.05, 0) is 59.1 Å². The minimum absolute atomic E-state index is 0.196. The Morgan fingerprint density at radius 2 is 1.96 bits per heavy atom. The fraction of sp³-hybridized carbons (Fsp3) is 0.167. The molecule has 2 aromatic carbocycles. The zero-order valence-corrected chi connectivity index (χ0v) is 14.7. The maximum absolute atomic E-state index is 12.1. The van der Waals surface area contributed by atoms with Gasteiger partial charge in [-0.15, -0.1) is 0 Å². The Balaban J connectivity index is 1.55. The van der Waals surface area contributed by atoms with E-state index in [-0.39, 0.29) is 12.7 Å². The number of halogens is 1. The summed E-state index contributed by atoms with van der Waals surface area (Å²) in [5.41, 5.74) is 8.14. The van der Waals surface area contributed by atoms with E-state index in [4.69, 9.17) is 9.47 Å². The molecule has 0 unspecified atom stereocenters. The van der Waals surface area contributed by atoms with Gasteiger partial charge < -0.3 is 14.9 Å². The van der Waals surface area contributed by atoms with Crippen molar-refractivity contribution in [1.82, 2.24) is 10.9 Å². The highest BCUT2D eigenvalue weighted by molar-refractivity contribution is 9.10. The summed E-state index contributed by atoms with van der Waals surface area (Å²) in [7, 11) is 0. The van der Waals surface area contributed by atoms with E-state index in [2.05, 4.69) is 26.8 Å². The van der Waals surface area contributed by atoms with E-state index in [1.165, 1.54) is 0 Å². The van der Waals surface area contributed by atoms with Gasteiger partial charge in [0.2, 0.25) is 6.79 Å². The Kier molecular flexibility index (Phi) is 5.05. The molecule has 0 radical (unpaired) electrons. The van der Waals surface area contributed by atoms with Gasteiger partial charge in [0.15, 0.2) is 11.5 Å². The SMILES string of the molecule is C/C(=C/Cc1ccc2c(c1)OCO2)NNC(=O)c1ccccc1Br. The molecule has 0 atom stereocenters. The Bertz CT molecular complexity index is 790. The summed E-state index contributed by atoms with van der Waals surface area (Å²) in [4.78, 5) is 12.1. The summed E-state index contributed by atoms with van der Waals surface area (Å²) < 4.78 is 11.4. The van der Waals surface area contributed by atoms with Gasteiger partial charge >= 0.3 is 0 Å². The third-order valence-corrected chi connectivity index (χ3v) is 4.26. The molecule has 0 saturated heterocycles. The van der Waals surface area contributed by atoms with Gasteiger partial charge in [-0.25, -0.2) is 0 Å². The topological polar surface area (TPSA) is 59.6 Å². The average Bonchev–Trinajstić information content (AvgIpc) is 3.06. The van der Waals surface area contributed by atoms with Gasteiger partial charge in [-0.3, -0.25) is 10.2 Å². The molecule has 0 spiro atoms. The van der Waals surface area contributed by atoms with Gasteiger partial charge in [0.1, 0.15) is 0 Å². The van der Waals surface area contributed by atoms with Gasteiger partial charge in [0.05, 0.1) is 5.56 Å². The smallest absolute Gasteiger partial charge is 0.270 e. The van der Waals surface area contributed by atoms with Crippen LogP contribution in [0.25, 0.3) is 0 Å². The molecule has 0 fully saturated rings. The van der Waals surface area contributed by atoms with Crippen LogP contribution in [0.2, 0.25) is 0 Å². The van der Waals surface area contributed by atoms with E-state index >= 15 is 0 Å². The minimum atomic E-state index is -0.196. The first-order chi connectivity index (χ1) is 11.6. The van der Waals surface area contributed by atoms with Gasteiger partial charge in [0.25, 0.3) is 5.91 Å². The number of allylic oxidation sites excluding steroid dienone is 2. The van der Waals surface area contributed by atoms with Crippen LogP contribution in [0.4, 0.5) is 0 Å². The molecule has 2 N–H and O–H groups in total. The number of benzene rings is 2. The van der Waals surface area contributed by atoms with E-state index in [0.717, 1.165) is 33.7 Å². The number of ether oxygens (including phenoxy) is 2. The first kappa shape index (κ1) is 16.4. The normalized spacial score (nSPS) is 12.8. The number of fused-ring (bicyclic) bond motifs is 1. The predicted molar refractivity (Wildman–Crippen MR) is 94.8 cm³/mol. The number of carbonyl (C=O) groups is 1. The second-order valence-electron chi connectivity index (χ2n) is 5.34.